The molecule has 0 bridgehead atoms. The lowest BCUT2D eigenvalue weighted by molar-refractivity contribution is -0.133. The number of hydrogen-bond donors (Lipinski definition) is 2. The average molecular weight is 397 g/mol. The van der Waals surface area contributed by atoms with Gasteiger partial charge in [-0.2, -0.15) is 4.98 Å². The van der Waals surface area contributed by atoms with Crippen molar-refractivity contribution in [2.45, 2.75) is 51.8 Å². The molecule has 0 aromatic heterocycles. The Hall–Kier alpha value is -3.07. The largest absolute Gasteiger partial charge is 0.465 e. The number of rotatable bonds is 6. The number of nitrogens with one attached hydrogen (secondary N) is 2. The van der Waals surface area contributed by atoms with Gasteiger partial charge >= 0.3 is 5.69 Å². The first kappa shape index (κ1) is 19.3. The lowest BCUT2D eigenvalue weighted by atomic mass is 10.1. The Kier molecular flexibility index (Phi) is 5.14. The van der Waals surface area contributed by atoms with Gasteiger partial charge in [-0.1, -0.05) is 0 Å². The molecule has 1 aromatic rings. The van der Waals surface area contributed by atoms with Crippen LogP contribution in [0, 0.1) is 13.8 Å². The van der Waals surface area contributed by atoms with E-state index in [1.165, 1.54) is 0 Å². The van der Waals surface area contributed by atoms with Gasteiger partial charge in [0.15, 0.2) is 11.5 Å². The third-order valence-electron chi connectivity index (χ3n) is 5.63. The number of fused-ring (bicyclic) bond motifs is 2. The van der Waals surface area contributed by atoms with Gasteiger partial charge in [-0.05, 0) is 56.4 Å². The number of benzene rings is 1. The van der Waals surface area contributed by atoms with Crippen LogP contribution in [-0.4, -0.2) is 44.7 Å². The summed E-state index contributed by atoms with van der Waals surface area (Å²) in [5, 5.41) is 3.47. The monoisotopic (exact) mass is 397 g/mol. The van der Waals surface area contributed by atoms with E-state index < -0.39 is 11.2 Å². The Morgan fingerprint density at radius 3 is 2.83 bits per heavy atom. The summed E-state index contributed by atoms with van der Waals surface area (Å²) in [6.45, 7) is 5.65. The van der Waals surface area contributed by atoms with Crippen LogP contribution in [0.3, 0.4) is 0 Å². The van der Waals surface area contributed by atoms with Crippen LogP contribution in [0.25, 0.3) is 22.6 Å². The van der Waals surface area contributed by atoms with E-state index in [1.807, 2.05) is 30.5 Å². The smallest absolute Gasteiger partial charge is 0.349 e. The van der Waals surface area contributed by atoms with Gasteiger partial charge in [-0.15, -0.1) is 0 Å². The minimum Gasteiger partial charge on any atom is -0.465 e. The summed E-state index contributed by atoms with van der Waals surface area (Å²) in [5.74, 6) is 0.282. The van der Waals surface area contributed by atoms with Crippen LogP contribution in [-0.2, 0) is 16.1 Å². The molecule has 0 amide bonds. The highest BCUT2D eigenvalue weighted by molar-refractivity contribution is 5.81. The summed E-state index contributed by atoms with van der Waals surface area (Å²) in [5.41, 5.74) is 2.62. The van der Waals surface area contributed by atoms with Crippen LogP contribution in [0.4, 0.5) is 0 Å². The van der Waals surface area contributed by atoms with Crippen molar-refractivity contribution in [2.24, 2.45) is 0 Å². The van der Waals surface area contributed by atoms with Crippen LogP contribution in [0.5, 0.6) is 0 Å². The first-order valence-electron chi connectivity index (χ1n) is 9.70. The van der Waals surface area contributed by atoms with Crippen molar-refractivity contribution in [3.8, 4) is 11.5 Å². The van der Waals surface area contributed by atoms with Crippen LogP contribution in [0.15, 0.2) is 21.7 Å². The standard InChI is InChI=1S/C20H23N5O4/c1-11-7-15-16(8-12(11)2)25(18-17(22-15)19(27)24-20(28)23-18)6-5-21-13-3-4-14(9-13)29-10-26/h7-8,10,13-14,21H,3-6,9H2,1-2H3,(H,24,27,28)/t13?,14-/m1/s1. The first-order chi connectivity index (χ1) is 14.0. The van der Waals surface area contributed by atoms with Crippen molar-refractivity contribution in [3.05, 3.63) is 44.1 Å². The van der Waals surface area contributed by atoms with E-state index >= 15 is 0 Å². The molecule has 2 heterocycles. The summed E-state index contributed by atoms with van der Waals surface area (Å²) in [7, 11) is 0. The number of ether oxygens (including phenoxy) is 1. The van der Waals surface area contributed by atoms with Gasteiger partial charge in [0, 0.05) is 19.1 Å². The predicted octanol–water partition coefficient (Wildman–Crippen LogP) is 0.885. The number of aryl methyl sites for hydroxylation is 2. The summed E-state index contributed by atoms with van der Waals surface area (Å²) in [6, 6.07) is 4.21. The lowest BCUT2D eigenvalue weighted by Crippen LogP contribution is -2.33. The Morgan fingerprint density at radius 1 is 1.24 bits per heavy atom. The van der Waals surface area contributed by atoms with Gasteiger partial charge < -0.3 is 14.6 Å². The molecule has 2 atom stereocenters. The van der Waals surface area contributed by atoms with Crippen molar-refractivity contribution in [2.75, 3.05) is 6.54 Å². The molecule has 0 saturated heterocycles. The highest BCUT2D eigenvalue weighted by atomic mass is 16.5. The molecule has 0 radical (unpaired) electrons. The van der Waals surface area contributed by atoms with Crippen LogP contribution in [0.1, 0.15) is 30.4 Å². The van der Waals surface area contributed by atoms with E-state index in [9.17, 15) is 14.4 Å². The number of carbonyl (C=O) groups excluding carboxylic acids is 1. The van der Waals surface area contributed by atoms with Gasteiger partial charge in [-0.25, -0.2) is 9.78 Å². The summed E-state index contributed by atoms with van der Waals surface area (Å²) < 4.78 is 6.92. The molecule has 2 aliphatic heterocycles. The fourth-order valence-corrected chi connectivity index (χ4v) is 3.98. The van der Waals surface area contributed by atoms with Crippen LogP contribution < -0.4 is 16.6 Å². The van der Waals surface area contributed by atoms with E-state index in [-0.39, 0.29) is 23.7 Å². The van der Waals surface area contributed by atoms with Gasteiger partial charge in [0.2, 0.25) is 0 Å². The maximum absolute atomic E-state index is 12.3. The molecular formula is C20H23N5O4. The zero-order chi connectivity index (χ0) is 20.5. The minimum atomic E-state index is -0.682. The fraction of sp³-hybridized carbons (Fsp3) is 0.450. The minimum absolute atomic E-state index is 0.0332. The van der Waals surface area contributed by atoms with Crippen molar-refractivity contribution < 1.29 is 9.53 Å². The maximum atomic E-state index is 12.3. The van der Waals surface area contributed by atoms with Gasteiger partial charge in [0.05, 0.1) is 11.0 Å². The van der Waals surface area contributed by atoms with E-state index in [1.54, 1.807) is 0 Å². The van der Waals surface area contributed by atoms with E-state index in [0.29, 0.717) is 25.1 Å². The molecule has 1 saturated carbocycles. The molecule has 2 N–H and O–H groups in total. The highest BCUT2D eigenvalue weighted by Crippen LogP contribution is 2.24. The topological polar surface area (TPSA) is 119 Å². The quantitative estimate of drug-likeness (QED) is 0.468. The molecule has 1 unspecified atom stereocenters. The summed E-state index contributed by atoms with van der Waals surface area (Å²) in [4.78, 5) is 45.3. The SMILES string of the molecule is Cc1cc2nc3c(=O)[nH]c(=O)nc-3n(CCNC3CC[C@@H](OC=O)C3)c2cc1C. The summed E-state index contributed by atoms with van der Waals surface area (Å²) >= 11 is 0. The van der Waals surface area contributed by atoms with Crippen molar-refractivity contribution in [1.82, 2.24) is 24.8 Å². The number of nitrogens with zero attached hydrogens (tertiary/aromatic N) is 3. The molecule has 1 aliphatic carbocycles. The Bertz CT molecular complexity index is 1150. The molecule has 29 heavy (non-hydrogen) atoms. The maximum Gasteiger partial charge on any atom is 0.349 e. The number of carbonyl (C=O) groups is 1. The molecule has 1 fully saturated rings. The van der Waals surface area contributed by atoms with E-state index in [2.05, 4.69) is 20.3 Å². The van der Waals surface area contributed by atoms with Gasteiger partial charge in [0.1, 0.15) is 6.10 Å². The zero-order valence-corrected chi connectivity index (χ0v) is 16.4. The van der Waals surface area contributed by atoms with Crippen molar-refractivity contribution in [1.29, 1.82) is 0 Å². The number of hydrogen-bond acceptors (Lipinski definition) is 7. The van der Waals surface area contributed by atoms with Crippen LogP contribution >= 0.6 is 0 Å². The Morgan fingerprint density at radius 2 is 2.03 bits per heavy atom. The number of aromatic amines is 1. The van der Waals surface area contributed by atoms with E-state index in [4.69, 9.17) is 4.74 Å². The number of aromatic nitrogens is 4. The molecule has 0 spiro atoms. The fourth-order valence-electron chi connectivity index (χ4n) is 3.98. The molecule has 1 aromatic carbocycles. The second-order valence-corrected chi connectivity index (χ2v) is 7.55. The normalized spacial score (nSPS) is 19.1. The van der Waals surface area contributed by atoms with Crippen molar-refractivity contribution in [3.63, 3.8) is 0 Å². The molecule has 9 nitrogen and oxygen atoms in total. The molecular weight excluding hydrogens is 374 g/mol. The average Bonchev–Trinajstić information content (AvgIpc) is 3.11. The lowest BCUT2D eigenvalue weighted by Gasteiger charge is -2.19. The van der Waals surface area contributed by atoms with Gasteiger partial charge in [0.25, 0.3) is 12.0 Å². The summed E-state index contributed by atoms with van der Waals surface area (Å²) in [6.07, 6.45) is 2.53. The molecule has 9 heteroatoms. The van der Waals surface area contributed by atoms with Gasteiger partial charge in [-0.3, -0.25) is 14.6 Å². The van der Waals surface area contributed by atoms with E-state index in [0.717, 1.165) is 35.9 Å². The second kappa shape index (κ2) is 7.75. The third-order valence-corrected chi connectivity index (χ3v) is 5.63. The van der Waals surface area contributed by atoms with Crippen molar-refractivity contribution >= 4 is 17.5 Å². The first-order valence-corrected chi connectivity index (χ1v) is 9.70. The molecule has 152 valence electrons. The van der Waals surface area contributed by atoms with Crippen LogP contribution in [0.2, 0.25) is 0 Å². The number of H-pyrrole nitrogens is 1. The second-order valence-electron chi connectivity index (χ2n) is 7.55. The molecule has 3 aliphatic rings. The zero-order valence-electron chi connectivity index (χ0n) is 16.4. The Labute approximate surface area is 166 Å². The predicted molar refractivity (Wildman–Crippen MR) is 107 cm³/mol. The highest BCUT2D eigenvalue weighted by Gasteiger charge is 2.25. The third kappa shape index (κ3) is 3.77. The Balaban J connectivity index is 1.67. The molecule has 4 rings (SSSR count).